The Bertz CT molecular complexity index is 724. The van der Waals surface area contributed by atoms with Gasteiger partial charge >= 0.3 is 0 Å². The van der Waals surface area contributed by atoms with Crippen molar-refractivity contribution in [3.05, 3.63) is 66.0 Å². The molecule has 0 saturated heterocycles. The Morgan fingerprint density at radius 3 is 2.70 bits per heavy atom. The standard InChI is InChI=1S/C23H30N2O2/c1-18(21-12-14-22(27-3)15-13-21)7-4-11-23(26)25-19(2)8-5-9-20-10-6-16-24-17-20/h6-7,10,12-17,19H,4-5,8-9,11H2,1-3H3,(H,25,26)/t19-/m1/s1. The van der Waals surface area contributed by atoms with E-state index in [4.69, 9.17) is 4.74 Å². The quantitative estimate of drug-likeness (QED) is 0.657. The summed E-state index contributed by atoms with van der Waals surface area (Å²) in [6.07, 6.45) is 10.1. The molecular formula is C23H30N2O2. The van der Waals surface area contributed by atoms with Crippen molar-refractivity contribution in [1.29, 1.82) is 0 Å². The third-order valence-electron chi connectivity index (χ3n) is 4.60. The Morgan fingerprint density at radius 1 is 1.26 bits per heavy atom. The van der Waals surface area contributed by atoms with Gasteiger partial charge in [-0.1, -0.05) is 24.3 Å². The second-order valence-corrected chi connectivity index (χ2v) is 6.88. The first-order valence-corrected chi connectivity index (χ1v) is 9.58. The number of hydrogen-bond acceptors (Lipinski definition) is 3. The predicted octanol–water partition coefficient (Wildman–Crippen LogP) is 4.80. The second kappa shape index (κ2) is 11.2. The number of nitrogens with one attached hydrogen (secondary N) is 1. The highest BCUT2D eigenvalue weighted by Crippen LogP contribution is 2.18. The minimum absolute atomic E-state index is 0.114. The molecule has 0 aliphatic heterocycles. The largest absolute Gasteiger partial charge is 0.497 e. The van der Waals surface area contributed by atoms with Crippen LogP contribution in [0.1, 0.15) is 50.7 Å². The van der Waals surface area contributed by atoms with Crippen LogP contribution in [-0.4, -0.2) is 24.0 Å². The van der Waals surface area contributed by atoms with Crippen LogP contribution in [0.4, 0.5) is 0 Å². The van der Waals surface area contributed by atoms with Crippen molar-refractivity contribution in [1.82, 2.24) is 10.3 Å². The van der Waals surface area contributed by atoms with Crippen LogP contribution >= 0.6 is 0 Å². The highest BCUT2D eigenvalue weighted by molar-refractivity contribution is 5.76. The molecule has 27 heavy (non-hydrogen) atoms. The van der Waals surface area contributed by atoms with E-state index in [-0.39, 0.29) is 11.9 Å². The number of nitrogens with zero attached hydrogens (tertiary/aromatic N) is 1. The van der Waals surface area contributed by atoms with Gasteiger partial charge < -0.3 is 10.1 Å². The molecule has 1 atom stereocenters. The van der Waals surface area contributed by atoms with Crippen molar-refractivity contribution in [3.63, 3.8) is 0 Å². The van der Waals surface area contributed by atoms with Gasteiger partial charge in [-0.2, -0.15) is 0 Å². The van der Waals surface area contributed by atoms with Gasteiger partial charge in [0.2, 0.25) is 5.91 Å². The van der Waals surface area contributed by atoms with Crippen molar-refractivity contribution in [2.24, 2.45) is 0 Å². The Hall–Kier alpha value is -2.62. The minimum atomic E-state index is 0.114. The fraction of sp³-hybridized carbons (Fsp3) is 0.391. The number of rotatable bonds is 10. The summed E-state index contributed by atoms with van der Waals surface area (Å²) in [7, 11) is 1.66. The van der Waals surface area contributed by atoms with Crippen LogP contribution in [0, 0.1) is 0 Å². The number of allylic oxidation sites excluding steroid dienone is 2. The SMILES string of the molecule is COc1ccc(C(C)=CCCC(=O)N[C@H](C)CCCc2cccnc2)cc1. The maximum Gasteiger partial charge on any atom is 0.220 e. The number of hydrogen-bond donors (Lipinski definition) is 1. The molecule has 0 spiro atoms. The van der Waals surface area contributed by atoms with E-state index in [9.17, 15) is 4.79 Å². The summed E-state index contributed by atoms with van der Waals surface area (Å²) in [5.74, 6) is 0.964. The Kier molecular flexibility index (Phi) is 8.56. The van der Waals surface area contributed by atoms with Gasteiger partial charge in [-0.05, 0) is 74.4 Å². The molecule has 4 nitrogen and oxygen atoms in total. The zero-order valence-electron chi connectivity index (χ0n) is 16.6. The first kappa shape index (κ1) is 20.7. The van der Waals surface area contributed by atoms with Crippen molar-refractivity contribution < 1.29 is 9.53 Å². The van der Waals surface area contributed by atoms with Crippen LogP contribution in [-0.2, 0) is 11.2 Å². The monoisotopic (exact) mass is 366 g/mol. The third-order valence-corrected chi connectivity index (χ3v) is 4.60. The van der Waals surface area contributed by atoms with Gasteiger partial charge in [0.1, 0.15) is 5.75 Å². The van der Waals surface area contributed by atoms with Crippen molar-refractivity contribution in [2.75, 3.05) is 7.11 Å². The van der Waals surface area contributed by atoms with Gasteiger partial charge in [0.25, 0.3) is 0 Å². The Balaban J connectivity index is 1.66. The summed E-state index contributed by atoms with van der Waals surface area (Å²) in [4.78, 5) is 16.2. The molecule has 1 amide bonds. The molecule has 1 aromatic heterocycles. The summed E-state index contributed by atoms with van der Waals surface area (Å²) >= 11 is 0. The van der Waals surface area contributed by atoms with E-state index < -0.39 is 0 Å². The number of aromatic nitrogens is 1. The molecule has 0 bridgehead atoms. The van der Waals surface area contributed by atoms with E-state index in [0.29, 0.717) is 6.42 Å². The molecule has 144 valence electrons. The van der Waals surface area contributed by atoms with Gasteiger partial charge in [-0.25, -0.2) is 0 Å². The van der Waals surface area contributed by atoms with Crippen molar-refractivity contribution >= 4 is 11.5 Å². The van der Waals surface area contributed by atoms with Crippen LogP contribution in [0.15, 0.2) is 54.9 Å². The van der Waals surface area contributed by atoms with E-state index in [1.165, 1.54) is 11.1 Å². The fourth-order valence-corrected chi connectivity index (χ4v) is 2.97. The average molecular weight is 367 g/mol. The zero-order chi connectivity index (χ0) is 19.5. The minimum Gasteiger partial charge on any atom is -0.497 e. The molecule has 0 aliphatic carbocycles. The van der Waals surface area contributed by atoms with Gasteiger partial charge in [-0.15, -0.1) is 0 Å². The molecule has 0 unspecified atom stereocenters. The first-order valence-electron chi connectivity index (χ1n) is 9.58. The maximum atomic E-state index is 12.1. The highest BCUT2D eigenvalue weighted by atomic mass is 16.5. The number of aryl methyl sites for hydroxylation is 1. The second-order valence-electron chi connectivity index (χ2n) is 6.88. The summed E-state index contributed by atoms with van der Waals surface area (Å²) in [5, 5.41) is 3.09. The molecule has 1 aromatic carbocycles. The highest BCUT2D eigenvalue weighted by Gasteiger charge is 2.07. The maximum absolute atomic E-state index is 12.1. The third kappa shape index (κ3) is 7.65. The number of carbonyl (C=O) groups is 1. The number of benzene rings is 1. The number of carbonyl (C=O) groups excluding carboxylic acids is 1. The van der Waals surface area contributed by atoms with Gasteiger partial charge in [-0.3, -0.25) is 9.78 Å². The molecule has 0 aliphatic rings. The lowest BCUT2D eigenvalue weighted by molar-refractivity contribution is -0.121. The van der Waals surface area contributed by atoms with Gasteiger partial charge in [0, 0.05) is 24.9 Å². The summed E-state index contributed by atoms with van der Waals surface area (Å²) < 4.78 is 5.18. The van der Waals surface area contributed by atoms with Crippen LogP contribution in [0.5, 0.6) is 5.75 Å². The number of pyridine rings is 1. The summed E-state index contributed by atoms with van der Waals surface area (Å²) in [6, 6.07) is 12.2. The van der Waals surface area contributed by atoms with Crippen LogP contribution in [0.2, 0.25) is 0 Å². The lowest BCUT2D eigenvalue weighted by Gasteiger charge is -2.13. The molecule has 1 N–H and O–H groups in total. The van der Waals surface area contributed by atoms with E-state index >= 15 is 0 Å². The molecule has 0 radical (unpaired) electrons. The molecule has 2 rings (SSSR count). The smallest absolute Gasteiger partial charge is 0.220 e. The van der Waals surface area contributed by atoms with Crippen molar-refractivity contribution in [3.8, 4) is 5.75 Å². The number of methoxy groups -OCH3 is 1. The average Bonchev–Trinajstić information content (AvgIpc) is 2.68. The molecular weight excluding hydrogens is 336 g/mol. The number of ether oxygens (including phenoxy) is 1. The summed E-state index contributed by atoms with van der Waals surface area (Å²) in [5.41, 5.74) is 3.57. The van der Waals surface area contributed by atoms with E-state index in [2.05, 4.69) is 36.3 Å². The topological polar surface area (TPSA) is 51.2 Å². The lowest BCUT2D eigenvalue weighted by Crippen LogP contribution is -2.32. The van der Waals surface area contributed by atoms with E-state index in [1.54, 1.807) is 13.3 Å². The van der Waals surface area contributed by atoms with Crippen LogP contribution in [0.25, 0.3) is 5.57 Å². The molecule has 2 aromatic rings. The predicted molar refractivity (Wildman–Crippen MR) is 111 cm³/mol. The zero-order valence-corrected chi connectivity index (χ0v) is 16.6. The lowest BCUT2D eigenvalue weighted by atomic mass is 10.1. The van der Waals surface area contributed by atoms with E-state index in [1.807, 2.05) is 36.5 Å². The normalized spacial score (nSPS) is 12.5. The molecule has 0 fully saturated rings. The number of amides is 1. The fourth-order valence-electron chi connectivity index (χ4n) is 2.97. The Morgan fingerprint density at radius 2 is 2.04 bits per heavy atom. The molecule has 0 saturated carbocycles. The van der Waals surface area contributed by atoms with E-state index in [0.717, 1.165) is 37.0 Å². The van der Waals surface area contributed by atoms with Crippen LogP contribution < -0.4 is 10.1 Å². The van der Waals surface area contributed by atoms with Gasteiger partial charge in [0.05, 0.1) is 7.11 Å². The van der Waals surface area contributed by atoms with Gasteiger partial charge in [0.15, 0.2) is 0 Å². The molecule has 1 heterocycles. The van der Waals surface area contributed by atoms with Crippen LogP contribution in [0.3, 0.4) is 0 Å². The summed E-state index contributed by atoms with van der Waals surface area (Å²) in [6.45, 7) is 4.14. The van der Waals surface area contributed by atoms with Crippen molar-refractivity contribution in [2.45, 2.75) is 52.0 Å². The first-order chi connectivity index (χ1) is 13.1. The Labute approximate surface area is 162 Å². The molecule has 4 heteroatoms.